The Morgan fingerprint density at radius 3 is 2.82 bits per heavy atom. The lowest BCUT2D eigenvalue weighted by atomic mass is 10.1. The summed E-state index contributed by atoms with van der Waals surface area (Å²) in [5, 5.41) is 3.76. The number of nitrogens with one attached hydrogen (secondary N) is 1. The summed E-state index contributed by atoms with van der Waals surface area (Å²) in [5.41, 5.74) is 2.38. The quantitative estimate of drug-likeness (QED) is 0.805. The Kier molecular flexibility index (Phi) is 2.95. The summed E-state index contributed by atoms with van der Waals surface area (Å²) in [5.74, 6) is 0.312. The van der Waals surface area contributed by atoms with Crippen molar-refractivity contribution in [3.63, 3.8) is 0 Å². The zero-order valence-electron chi connectivity index (χ0n) is 10.1. The summed E-state index contributed by atoms with van der Waals surface area (Å²) >= 11 is 0. The summed E-state index contributed by atoms with van der Waals surface area (Å²) in [6.45, 7) is 1.97. The van der Waals surface area contributed by atoms with Crippen LogP contribution in [0.5, 0.6) is 0 Å². The molecule has 1 aromatic carbocycles. The third kappa shape index (κ3) is 1.93. The molecule has 0 aliphatic heterocycles. The van der Waals surface area contributed by atoms with E-state index in [4.69, 9.17) is 4.74 Å². The van der Waals surface area contributed by atoms with Crippen LogP contribution in [-0.2, 0) is 4.74 Å². The van der Waals surface area contributed by atoms with Gasteiger partial charge in [0.15, 0.2) is 0 Å². The normalized spacial score (nSPS) is 10.3. The van der Waals surface area contributed by atoms with Crippen molar-refractivity contribution in [2.45, 2.75) is 6.92 Å². The van der Waals surface area contributed by atoms with Crippen LogP contribution in [-0.4, -0.2) is 25.1 Å². The van der Waals surface area contributed by atoms with Crippen molar-refractivity contribution >= 4 is 22.7 Å². The molecule has 4 heteroatoms. The van der Waals surface area contributed by atoms with Gasteiger partial charge in [0, 0.05) is 12.4 Å². The number of anilines is 1. The van der Waals surface area contributed by atoms with Gasteiger partial charge < -0.3 is 10.1 Å². The molecule has 1 N–H and O–H groups in total. The van der Waals surface area contributed by atoms with Crippen molar-refractivity contribution in [3.8, 4) is 0 Å². The molecule has 0 aliphatic rings. The molecular formula is C13H14N2O2. The van der Waals surface area contributed by atoms with Crippen molar-refractivity contribution in [1.82, 2.24) is 4.98 Å². The lowest BCUT2D eigenvalue weighted by Gasteiger charge is -2.09. The summed E-state index contributed by atoms with van der Waals surface area (Å²) in [6.07, 6.45) is 0. The number of benzene rings is 1. The highest BCUT2D eigenvalue weighted by atomic mass is 16.5. The average Bonchev–Trinajstić information content (AvgIpc) is 2.37. The van der Waals surface area contributed by atoms with Gasteiger partial charge in [-0.2, -0.15) is 0 Å². The molecule has 88 valence electrons. The fourth-order valence-electron chi connectivity index (χ4n) is 1.80. The maximum atomic E-state index is 11.7. The van der Waals surface area contributed by atoms with Gasteiger partial charge in [0.1, 0.15) is 5.82 Å². The van der Waals surface area contributed by atoms with Gasteiger partial charge in [-0.3, -0.25) is 0 Å². The Balaban J connectivity index is 2.80. The van der Waals surface area contributed by atoms with Crippen LogP contribution in [0.2, 0.25) is 0 Å². The molecule has 0 spiro atoms. The van der Waals surface area contributed by atoms with E-state index < -0.39 is 0 Å². The zero-order chi connectivity index (χ0) is 12.4. The first kappa shape index (κ1) is 11.4. The minimum atomic E-state index is -0.348. The summed E-state index contributed by atoms with van der Waals surface area (Å²) < 4.78 is 4.79. The number of pyridine rings is 1. The number of esters is 1. The number of para-hydroxylation sites is 1. The van der Waals surface area contributed by atoms with E-state index in [-0.39, 0.29) is 5.97 Å². The van der Waals surface area contributed by atoms with E-state index in [0.717, 1.165) is 16.5 Å². The molecule has 0 fully saturated rings. The molecule has 0 aliphatic carbocycles. The van der Waals surface area contributed by atoms with Crippen molar-refractivity contribution in [3.05, 3.63) is 35.4 Å². The molecule has 0 atom stereocenters. The van der Waals surface area contributed by atoms with E-state index in [0.29, 0.717) is 11.4 Å². The van der Waals surface area contributed by atoms with E-state index in [1.54, 1.807) is 13.1 Å². The number of rotatable bonds is 2. The van der Waals surface area contributed by atoms with Crippen LogP contribution in [0.1, 0.15) is 15.9 Å². The number of nitrogens with zero attached hydrogens (tertiary/aromatic N) is 1. The Hall–Kier alpha value is -2.10. The number of carbonyl (C=O) groups excluding carboxylic acids is 1. The zero-order valence-corrected chi connectivity index (χ0v) is 10.1. The van der Waals surface area contributed by atoms with E-state index in [1.165, 1.54) is 7.11 Å². The maximum Gasteiger partial charge on any atom is 0.338 e. The molecule has 0 saturated heterocycles. The number of hydrogen-bond acceptors (Lipinski definition) is 4. The lowest BCUT2D eigenvalue weighted by molar-refractivity contribution is 0.0603. The van der Waals surface area contributed by atoms with Crippen LogP contribution in [0.3, 0.4) is 0 Å². The van der Waals surface area contributed by atoms with E-state index >= 15 is 0 Å². The smallest absolute Gasteiger partial charge is 0.338 e. The Bertz CT molecular complexity index is 579. The molecule has 0 radical (unpaired) electrons. The Morgan fingerprint density at radius 2 is 2.18 bits per heavy atom. The van der Waals surface area contributed by atoms with Crippen LogP contribution in [0.25, 0.3) is 10.9 Å². The first-order valence-electron chi connectivity index (χ1n) is 5.34. The number of methoxy groups -OCH3 is 1. The van der Waals surface area contributed by atoms with E-state index in [1.807, 2.05) is 25.1 Å². The maximum absolute atomic E-state index is 11.7. The van der Waals surface area contributed by atoms with Crippen LogP contribution in [0.15, 0.2) is 24.3 Å². The molecule has 0 amide bonds. The second-order valence-electron chi connectivity index (χ2n) is 3.77. The number of ether oxygens (including phenoxy) is 1. The van der Waals surface area contributed by atoms with E-state index in [2.05, 4.69) is 10.3 Å². The van der Waals surface area contributed by atoms with Crippen molar-refractivity contribution in [2.24, 2.45) is 0 Å². The van der Waals surface area contributed by atoms with Gasteiger partial charge in [-0.25, -0.2) is 9.78 Å². The monoisotopic (exact) mass is 230 g/mol. The Labute approximate surface area is 99.6 Å². The third-order valence-electron chi connectivity index (χ3n) is 2.70. The highest BCUT2D eigenvalue weighted by molar-refractivity contribution is 6.05. The predicted octanol–water partition coefficient (Wildman–Crippen LogP) is 2.37. The lowest BCUT2D eigenvalue weighted by Crippen LogP contribution is -2.05. The number of carbonyl (C=O) groups is 1. The first-order valence-corrected chi connectivity index (χ1v) is 5.34. The molecular weight excluding hydrogens is 216 g/mol. The van der Waals surface area contributed by atoms with Crippen molar-refractivity contribution in [1.29, 1.82) is 0 Å². The Morgan fingerprint density at radius 1 is 1.41 bits per heavy atom. The van der Waals surface area contributed by atoms with Gasteiger partial charge >= 0.3 is 5.97 Å². The molecule has 1 aromatic heterocycles. The topological polar surface area (TPSA) is 51.2 Å². The minimum Gasteiger partial charge on any atom is -0.465 e. The fraction of sp³-hybridized carbons (Fsp3) is 0.231. The van der Waals surface area contributed by atoms with Gasteiger partial charge in [-0.15, -0.1) is 0 Å². The number of fused-ring (bicyclic) bond motifs is 1. The standard InChI is InChI=1S/C13H14N2O2/c1-8-5-4-6-9-10(13(16)17-3)7-11(14-2)15-12(8)9/h4-7H,1-3H3,(H,14,15). The summed E-state index contributed by atoms with van der Waals surface area (Å²) in [7, 11) is 3.15. The highest BCUT2D eigenvalue weighted by Crippen LogP contribution is 2.23. The second kappa shape index (κ2) is 4.41. The SMILES string of the molecule is CNc1cc(C(=O)OC)c2cccc(C)c2n1. The molecule has 2 rings (SSSR count). The summed E-state index contributed by atoms with van der Waals surface area (Å²) in [4.78, 5) is 16.2. The number of aromatic nitrogens is 1. The van der Waals surface area contributed by atoms with Gasteiger partial charge in [0.2, 0.25) is 0 Å². The molecule has 0 unspecified atom stereocenters. The molecule has 17 heavy (non-hydrogen) atoms. The van der Waals surface area contributed by atoms with Gasteiger partial charge in [-0.1, -0.05) is 18.2 Å². The third-order valence-corrected chi connectivity index (χ3v) is 2.70. The molecule has 0 saturated carbocycles. The first-order chi connectivity index (χ1) is 8.17. The van der Waals surface area contributed by atoms with Crippen molar-refractivity contribution < 1.29 is 9.53 Å². The van der Waals surface area contributed by atoms with Crippen LogP contribution >= 0.6 is 0 Å². The van der Waals surface area contributed by atoms with Crippen LogP contribution < -0.4 is 5.32 Å². The second-order valence-corrected chi connectivity index (χ2v) is 3.77. The van der Waals surface area contributed by atoms with Crippen molar-refractivity contribution in [2.75, 3.05) is 19.5 Å². The molecule has 0 bridgehead atoms. The fourth-order valence-corrected chi connectivity index (χ4v) is 1.80. The van der Waals surface area contributed by atoms with Crippen LogP contribution in [0.4, 0.5) is 5.82 Å². The predicted molar refractivity (Wildman–Crippen MR) is 67.4 cm³/mol. The average molecular weight is 230 g/mol. The van der Waals surface area contributed by atoms with E-state index in [9.17, 15) is 4.79 Å². The largest absolute Gasteiger partial charge is 0.465 e. The highest BCUT2D eigenvalue weighted by Gasteiger charge is 2.13. The van der Waals surface area contributed by atoms with Gasteiger partial charge in [0.05, 0.1) is 18.2 Å². The van der Waals surface area contributed by atoms with Crippen LogP contribution in [0, 0.1) is 6.92 Å². The molecule has 1 heterocycles. The van der Waals surface area contributed by atoms with Gasteiger partial charge in [-0.05, 0) is 18.6 Å². The van der Waals surface area contributed by atoms with Gasteiger partial charge in [0.25, 0.3) is 0 Å². The minimum absolute atomic E-state index is 0.348. The number of aryl methyl sites for hydroxylation is 1. The number of hydrogen-bond donors (Lipinski definition) is 1. The molecule has 2 aromatic rings. The molecule has 4 nitrogen and oxygen atoms in total. The summed E-state index contributed by atoms with van der Waals surface area (Å²) in [6, 6.07) is 7.45.